The number of ether oxygens (including phenoxy) is 1. The number of rotatable bonds is 5. The number of hydrazine groups is 1. The fraction of sp³-hybridized carbons (Fsp3) is 0.391. The smallest absolute Gasteiger partial charge is 0.282 e. The van der Waals surface area contributed by atoms with E-state index in [1.165, 1.54) is 6.42 Å². The SMILES string of the molecule is COc1ccc([C@H]2[C@@H](C)C(C(=O)NN3CCCCC3)=NN2c2ccccc2Cl)cc1. The van der Waals surface area contributed by atoms with Crippen LogP contribution in [0.4, 0.5) is 5.69 Å². The van der Waals surface area contributed by atoms with E-state index in [1.54, 1.807) is 7.11 Å². The third kappa shape index (κ3) is 4.16. The maximum absolute atomic E-state index is 13.1. The number of hydrogen-bond donors (Lipinski definition) is 1. The monoisotopic (exact) mass is 426 g/mol. The molecule has 2 aliphatic rings. The molecule has 0 unspecified atom stereocenters. The minimum Gasteiger partial charge on any atom is -0.497 e. The van der Waals surface area contributed by atoms with E-state index in [-0.39, 0.29) is 17.9 Å². The largest absolute Gasteiger partial charge is 0.497 e. The van der Waals surface area contributed by atoms with Crippen molar-refractivity contribution in [2.75, 3.05) is 25.2 Å². The third-order valence-electron chi connectivity index (χ3n) is 5.79. The molecule has 2 aliphatic heterocycles. The molecule has 1 N–H and O–H groups in total. The Morgan fingerprint density at radius 2 is 1.80 bits per heavy atom. The van der Waals surface area contributed by atoms with E-state index in [9.17, 15) is 4.79 Å². The maximum atomic E-state index is 13.1. The Morgan fingerprint density at radius 1 is 1.10 bits per heavy atom. The van der Waals surface area contributed by atoms with E-state index in [2.05, 4.69) is 5.43 Å². The number of hydrazone groups is 1. The molecule has 0 spiro atoms. The van der Waals surface area contributed by atoms with Crippen molar-refractivity contribution < 1.29 is 9.53 Å². The van der Waals surface area contributed by atoms with Crippen LogP contribution < -0.4 is 15.2 Å². The lowest BCUT2D eigenvalue weighted by Crippen LogP contribution is -2.48. The number of piperidine rings is 1. The highest BCUT2D eigenvalue weighted by Crippen LogP contribution is 2.41. The molecule has 158 valence electrons. The summed E-state index contributed by atoms with van der Waals surface area (Å²) >= 11 is 6.50. The molecule has 2 heterocycles. The van der Waals surface area contributed by atoms with Gasteiger partial charge in [0.2, 0.25) is 0 Å². The van der Waals surface area contributed by atoms with Crippen molar-refractivity contribution in [3.05, 3.63) is 59.1 Å². The molecule has 6 nitrogen and oxygen atoms in total. The number of amides is 1. The first-order valence-electron chi connectivity index (χ1n) is 10.4. The second kappa shape index (κ2) is 9.06. The number of nitrogens with one attached hydrogen (secondary N) is 1. The Hall–Kier alpha value is -2.57. The van der Waals surface area contributed by atoms with Gasteiger partial charge in [-0.3, -0.25) is 15.2 Å². The Bertz CT molecular complexity index is 925. The quantitative estimate of drug-likeness (QED) is 0.768. The maximum Gasteiger partial charge on any atom is 0.282 e. The molecule has 30 heavy (non-hydrogen) atoms. The molecule has 1 saturated heterocycles. The summed E-state index contributed by atoms with van der Waals surface area (Å²) in [5.41, 5.74) is 5.40. The van der Waals surface area contributed by atoms with Crippen LogP contribution in [0.5, 0.6) is 5.75 Å². The standard InChI is InChI=1S/C23H27ClN4O2/c1-16-21(23(29)26-27-14-6-3-7-15-27)25-28(20-9-5-4-8-19(20)24)22(16)17-10-12-18(30-2)13-11-17/h4-5,8-13,16,22H,3,6-7,14-15H2,1-2H3,(H,26,29)/t16-,22+/m0/s1. The van der Waals surface area contributed by atoms with Crippen LogP contribution in [0.3, 0.4) is 0 Å². The zero-order valence-corrected chi connectivity index (χ0v) is 18.1. The Balaban J connectivity index is 1.66. The number of carbonyl (C=O) groups is 1. The first kappa shape index (κ1) is 20.7. The topological polar surface area (TPSA) is 57.2 Å². The first-order chi connectivity index (χ1) is 14.6. The van der Waals surface area contributed by atoms with E-state index in [4.69, 9.17) is 21.4 Å². The van der Waals surface area contributed by atoms with Crippen molar-refractivity contribution in [1.82, 2.24) is 10.4 Å². The molecular weight excluding hydrogens is 400 g/mol. The lowest BCUT2D eigenvalue weighted by atomic mass is 9.91. The van der Waals surface area contributed by atoms with Crippen LogP contribution in [0, 0.1) is 5.92 Å². The average Bonchev–Trinajstić information content (AvgIpc) is 3.12. The van der Waals surface area contributed by atoms with Gasteiger partial charge >= 0.3 is 0 Å². The molecule has 0 aromatic heterocycles. The first-order valence-corrected chi connectivity index (χ1v) is 10.8. The molecule has 1 amide bonds. The van der Waals surface area contributed by atoms with E-state index in [0.29, 0.717) is 10.7 Å². The summed E-state index contributed by atoms with van der Waals surface area (Å²) < 4.78 is 5.30. The average molecular weight is 427 g/mol. The van der Waals surface area contributed by atoms with Crippen LogP contribution in [0.25, 0.3) is 0 Å². The Labute approximate surface area is 182 Å². The number of anilines is 1. The van der Waals surface area contributed by atoms with E-state index in [0.717, 1.165) is 42.9 Å². The van der Waals surface area contributed by atoms with Gasteiger partial charge < -0.3 is 4.74 Å². The van der Waals surface area contributed by atoms with Gasteiger partial charge in [-0.25, -0.2) is 5.01 Å². The van der Waals surface area contributed by atoms with Crippen LogP contribution in [0.2, 0.25) is 5.02 Å². The molecular formula is C23H27ClN4O2. The molecule has 0 radical (unpaired) electrons. The van der Waals surface area contributed by atoms with Crippen molar-refractivity contribution in [2.45, 2.75) is 32.2 Å². The molecule has 2 aromatic carbocycles. The minimum atomic E-state index is -0.141. The van der Waals surface area contributed by atoms with Crippen LogP contribution in [0.15, 0.2) is 53.6 Å². The van der Waals surface area contributed by atoms with Gasteiger partial charge in [0.25, 0.3) is 5.91 Å². The highest BCUT2D eigenvalue weighted by Gasteiger charge is 2.40. The van der Waals surface area contributed by atoms with E-state index in [1.807, 2.05) is 65.5 Å². The Morgan fingerprint density at radius 3 is 2.47 bits per heavy atom. The summed E-state index contributed by atoms with van der Waals surface area (Å²) in [5.74, 6) is 0.537. The second-order valence-corrected chi connectivity index (χ2v) is 8.18. The number of halogens is 1. The van der Waals surface area contributed by atoms with Gasteiger partial charge in [-0.15, -0.1) is 0 Å². The van der Waals surface area contributed by atoms with Gasteiger partial charge in [-0.05, 0) is 42.7 Å². The highest BCUT2D eigenvalue weighted by atomic mass is 35.5. The molecule has 7 heteroatoms. The lowest BCUT2D eigenvalue weighted by Gasteiger charge is -2.28. The summed E-state index contributed by atoms with van der Waals surface area (Å²) in [6.45, 7) is 3.80. The van der Waals surface area contributed by atoms with Gasteiger partial charge in [0.05, 0.1) is 23.9 Å². The normalized spacial score (nSPS) is 22.0. The zero-order chi connectivity index (χ0) is 21.1. The van der Waals surface area contributed by atoms with Gasteiger partial charge in [-0.2, -0.15) is 5.10 Å². The van der Waals surface area contributed by atoms with Crippen molar-refractivity contribution in [3.8, 4) is 5.75 Å². The summed E-state index contributed by atoms with van der Waals surface area (Å²) in [7, 11) is 1.65. The third-order valence-corrected chi connectivity index (χ3v) is 6.11. The molecule has 0 bridgehead atoms. The minimum absolute atomic E-state index is 0.112. The van der Waals surface area contributed by atoms with Crippen LogP contribution >= 0.6 is 11.6 Å². The van der Waals surface area contributed by atoms with Gasteiger partial charge in [0, 0.05) is 19.0 Å². The van der Waals surface area contributed by atoms with Crippen molar-refractivity contribution in [3.63, 3.8) is 0 Å². The second-order valence-electron chi connectivity index (χ2n) is 7.78. The summed E-state index contributed by atoms with van der Waals surface area (Å²) in [6, 6.07) is 15.3. The predicted octanol–water partition coefficient (Wildman–Crippen LogP) is 4.42. The molecule has 0 aliphatic carbocycles. The molecule has 4 rings (SSSR count). The number of methoxy groups -OCH3 is 1. The van der Waals surface area contributed by atoms with Gasteiger partial charge in [0.1, 0.15) is 11.5 Å². The van der Waals surface area contributed by atoms with Crippen molar-refractivity contribution >= 4 is 28.9 Å². The number of benzene rings is 2. The van der Waals surface area contributed by atoms with Gasteiger partial charge in [0.15, 0.2) is 0 Å². The van der Waals surface area contributed by atoms with E-state index < -0.39 is 0 Å². The summed E-state index contributed by atoms with van der Waals surface area (Å²) in [6.07, 6.45) is 3.41. The van der Waals surface area contributed by atoms with Crippen LogP contribution in [-0.2, 0) is 4.79 Å². The molecule has 0 saturated carbocycles. The fourth-order valence-electron chi connectivity index (χ4n) is 4.16. The number of carbonyl (C=O) groups excluding carboxylic acids is 1. The van der Waals surface area contributed by atoms with E-state index >= 15 is 0 Å². The molecule has 1 fully saturated rings. The lowest BCUT2D eigenvalue weighted by molar-refractivity contribution is -0.120. The van der Waals surface area contributed by atoms with Crippen LogP contribution in [-0.4, -0.2) is 36.8 Å². The summed E-state index contributed by atoms with van der Waals surface area (Å²) in [5, 5.41) is 9.24. The molecule has 2 aromatic rings. The Kier molecular flexibility index (Phi) is 6.25. The zero-order valence-electron chi connectivity index (χ0n) is 17.3. The predicted molar refractivity (Wildman–Crippen MR) is 120 cm³/mol. The fourth-order valence-corrected chi connectivity index (χ4v) is 4.38. The van der Waals surface area contributed by atoms with Crippen molar-refractivity contribution in [1.29, 1.82) is 0 Å². The number of nitrogens with zero attached hydrogens (tertiary/aromatic N) is 3. The molecule has 2 atom stereocenters. The van der Waals surface area contributed by atoms with Crippen molar-refractivity contribution in [2.24, 2.45) is 11.0 Å². The number of hydrogen-bond acceptors (Lipinski definition) is 5. The van der Waals surface area contributed by atoms with Crippen LogP contribution in [0.1, 0.15) is 37.8 Å². The number of para-hydroxylation sites is 1. The highest BCUT2D eigenvalue weighted by molar-refractivity contribution is 6.40. The van der Waals surface area contributed by atoms with Gasteiger partial charge in [-0.1, -0.05) is 49.2 Å². The summed E-state index contributed by atoms with van der Waals surface area (Å²) in [4.78, 5) is 13.1.